The van der Waals surface area contributed by atoms with Crippen molar-refractivity contribution in [2.45, 2.75) is 6.18 Å². The van der Waals surface area contributed by atoms with E-state index in [-0.39, 0.29) is 18.5 Å². The Bertz CT molecular complexity index is 878. The predicted octanol–water partition coefficient (Wildman–Crippen LogP) is 3.77. The number of halogens is 3. The maximum absolute atomic E-state index is 12.6. The van der Waals surface area contributed by atoms with Gasteiger partial charge in [0.05, 0.1) is 5.56 Å². The molecular weight excluding hydrogens is 351 g/mol. The number of nitrogens with zero attached hydrogens (tertiary/aromatic N) is 2. The van der Waals surface area contributed by atoms with E-state index in [0.717, 1.165) is 12.1 Å². The largest absolute Gasteiger partial charge is 0.484 e. The highest BCUT2D eigenvalue weighted by Gasteiger charge is 2.30. The van der Waals surface area contributed by atoms with Gasteiger partial charge in [-0.2, -0.15) is 13.2 Å². The van der Waals surface area contributed by atoms with Crippen LogP contribution in [-0.4, -0.2) is 22.7 Å². The van der Waals surface area contributed by atoms with Gasteiger partial charge in [-0.3, -0.25) is 10.1 Å². The smallest absolute Gasteiger partial charge is 0.416 e. The lowest BCUT2D eigenvalue weighted by atomic mass is 10.1. The van der Waals surface area contributed by atoms with E-state index in [1.165, 1.54) is 12.1 Å². The van der Waals surface area contributed by atoms with Gasteiger partial charge in [0.15, 0.2) is 6.61 Å². The average Bonchev–Trinajstić information content (AvgIpc) is 3.09. The maximum atomic E-state index is 12.6. The van der Waals surface area contributed by atoms with Gasteiger partial charge in [0, 0.05) is 5.56 Å². The van der Waals surface area contributed by atoms with Gasteiger partial charge in [-0.25, -0.2) is 0 Å². The minimum atomic E-state index is -4.43. The van der Waals surface area contributed by atoms with Crippen molar-refractivity contribution in [2.75, 3.05) is 11.9 Å². The Morgan fingerprint density at radius 3 is 2.38 bits per heavy atom. The standard InChI is InChI=1S/C17H12F3N3O3/c18-17(19,20)12-8-6-11(7-9-12)15-22-23-16(26-15)21-14(24)10-25-13-4-2-1-3-5-13/h1-9H,10H2,(H,21,23,24). The zero-order valence-corrected chi connectivity index (χ0v) is 13.2. The maximum Gasteiger partial charge on any atom is 0.416 e. The number of aromatic nitrogens is 2. The first-order valence-corrected chi connectivity index (χ1v) is 7.40. The van der Waals surface area contributed by atoms with Gasteiger partial charge < -0.3 is 9.15 Å². The molecule has 0 unspecified atom stereocenters. The number of benzene rings is 2. The van der Waals surface area contributed by atoms with Crippen LogP contribution in [0.25, 0.3) is 11.5 Å². The van der Waals surface area contributed by atoms with Gasteiger partial charge in [0.2, 0.25) is 5.89 Å². The van der Waals surface area contributed by atoms with Crippen LogP contribution in [0.1, 0.15) is 5.56 Å². The molecule has 3 rings (SSSR count). The Balaban J connectivity index is 1.60. The van der Waals surface area contributed by atoms with E-state index in [4.69, 9.17) is 9.15 Å². The summed E-state index contributed by atoms with van der Waals surface area (Å²) < 4.78 is 48.2. The number of anilines is 1. The van der Waals surface area contributed by atoms with Crippen LogP contribution in [0.3, 0.4) is 0 Å². The van der Waals surface area contributed by atoms with E-state index in [1.54, 1.807) is 24.3 Å². The molecule has 0 bridgehead atoms. The lowest BCUT2D eigenvalue weighted by Gasteiger charge is -2.06. The van der Waals surface area contributed by atoms with E-state index in [1.807, 2.05) is 6.07 Å². The van der Waals surface area contributed by atoms with Gasteiger partial charge in [0.25, 0.3) is 5.91 Å². The Morgan fingerprint density at radius 2 is 1.73 bits per heavy atom. The van der Waals surface area contributed by atoms with E-state index in [0.29, 0.717) is 11.3 Å². The number of carbonyl (C=O) groups excluding carboxylic acids is 1. The first kappa shape index (κ1) is 17.5. The van der Waals surface area contributed by atoms with Crippen LogP contribution in [0, 0.1) is 0 Å². The van der Waals surface area contributed by atoms with Crippen molar-refractivity contribution in [3.05, 3.63) is 60.2 Å². The summed E-state index contributed by atoms with van der Waals surface area (Å²) in [6, 6.07) is 12.8. The Hall–Kier alpha value is -3.36. The molecule has 134 valence electrons. The topological polar surface area (TPSA) is 77.2 Å². The second-order valence-electron chi connectivity index (χ2n) is 5.14. The second-order valence-corrected chi connectivity index (χ2v) is 5.14. The fourth-order valence-electron chi connectivity index (χ4n) is 2.01. The number of hydrogen-bond donors (Lipinski definition) is 1. The summed E-state index contributed by atoms with van der Waals surface area (Å²) in [6.07, 6.45) is -4.43. The molecule has 0 saturated carbocycles. The molecule has 3 aromatic rings. The fraction of sp³-hybridized carbons (Fsp3) is 0.118. The Labute approximate surface area is 145 Å². The summed E-state index contributed by atoms with van der Waals surface area (Å²) in [5.41, 5.74) is -0.487. The molecule has 1 amide bonds. The van der Waals surface area contributed by atoms with Crippen molar-refractivity contribution in [1.29, 1.82) is 0 Å². The van der Waals surface area contributed by atoms with Gasteiger partial charge in [-0.15, -0.1) is 5.10 Å². The molecule has 1 N–H and O–H groups in total. The zero-order chi connectivity index (χ0) is 18.6. The normalized spacial score (nSPS) is 11.2. The van der Waals surface area contributed by atoms with Gasteiger partial charge >= 0.3 is 12.2 Å². The highest BCUT2D eigenvalue weighted by Crippen LogP contribution is 2.30. The quantitative estimate of drug-likeness (QED) is 0.747. The van der Waals surface area contributed by atoms with Crippen molar-refractivity contribution in [1.82, 2.24) is 10.2 Å². The molecule has 0 spiro atoms. The van der Waals surface area contributed by atoms with Crippen molar-refractivity contribution in [3.63, 3.8) is 0 Å². The monoisotopic (exact) mass is 363 g/mol. The highest BCUT2D eigenvalue weighted by molar-refractivity contribution is 5.89. The molecule has 0 aliphatic carbocycles. The number of alkyl halides is 3. The first-order valence-electron chi connectivity index (χ1n) is 7.40. The molecule has 6 nitrogen and oxygen atoms in total. The summed E-state index contributed by atoms with van der Waals surface area (Å²) in [4.78, 5) is 11.8. The Morgan fingerprint density at radius 1 is 1.04 bits per heavy atom. The third-order valence-corrected chi connectivity index (χ3v) is 3.24. The molecule has 1 heterocycles. The highest BCUT2D eigenvalue weighted by atomic mass is 19.4. The number of para-hydroxylation sites is 1. The summed E-state index contributed by atoms with van der Waals surface area (Å²) in [7, 11) is 0. The van der Waals surface area contributed by atoms with E-state index < -0.39 is 17.6 Å². The number of hydrogen-bond acceptors (Lipinski definition) is 5. The van der Waals surface area contributed by atoms with Crippen molar-refractivity contribution in [3.8, 4) is 17.2 Å². The molecule has 9 heteroatoms. The third-order valence-electron chi connectivity index (χ3n) is 3.24. The molecule has 0 aliphatic rings. The SMILES string of the molecule is O=C(COc1ccccc1)Nc1nnc(-c2ccc(C(F)(F)F)cc2)o1. The number of carbonyl (C=O) groups is 1. The average molecular weight is 363 g/mol. The van der Waals surface area contributed by atoms with Crippen LogP contribution in [0.2, 0.25) is 0 Å². The second kappa shape index (κ2) is 7.26. The van der Waals surface area contributed by atoms with Crippen LogP contribution in [-0.2, 0) is 11.0 Å². The molecule has 0 saturated heterocycles. The minimum absolute atomic E-state index is 0.0157. The lowest BCUT2D eigenvalue weighted by molar-refractivity contribution is -0.137. The zero-order valence-electron chi connectivity index (χ0n) is 13.2. The molecule has 0 radical (unpaired) electrons. The van der Waals surface area contributed by atoms with Gasteiger partial charge in [-0.05, 0) is 36.4 Å². The summed E-state index contributed by atoms with van der Waals surface area (Å²) in [6.45, 7) is -0.262. The van der Waals surface area contributed by atoms with Gasteiger partial charge in [-0.1, -0.05) is 23.3 Å². The summed E-state index contributed by atoms with van der Waals surface area (Å²) >= 11 is 0. The molecule has 0 aliphatic heterocycles. The summed E-state index contributed by atoms with van der Waals surface area (Å²) in [5, 5.41) is 9.68. The molecule has 0 atom stereocenters. The van der Waals surface area contributed by atoms with Crippen LogP contribution in [0.5, 0.6) is 5.75 Å². The van der Waals surface area contributed by atoms with Crippen molar-refractivity contribution in [2.24, 2.45) is 0 Å². The first-order chi connectivity index (χ1) is 12.4. The minimum Gasteiger partial charge on any atom is -0.484 e. The van der Waals surface area contributed by atoms with Crippen LogP contribution >= 0.6 is 0 Å². The molecule has 1 aromatic heterocycles. The number of amides is 1. The Kier molecular flexibility index (Phi) is 4.87. The number of nitrogens with one attached hydrogen (secondary N) is 1. The molecule has 26 heavy (non-hydrogen) atoms. The number of ether oxygens (including phenoxy) is 1. The van der Waals surface area contributed by atoms with Gasteiger partial charge in [0.1, 0.15) is 5.75 Å². The van der Waals surface area contributed by atoms with E-state index in [9.17, 15) is 18.0 Å². The molecule has 0 fully saturated rings. The predicted molar refractivity (Wildman–Crippen MR) is 85.3 cm³/mol. The van der Waals surface area contributed by atoms with E-state index >= 15 is 0 Å². The molecule has 2 aromatic carbocycles. The summed E-state index contributed by atoms with van der Waals surface area (Å²) in [5.74, 6) is -0.00639. The van der Waals surface area contributed by atoms with Crippen LogP contribution in [0.4, 0.5) is 19.2 Å². The van der Waals surface area contributed by atoms with Crippen LogP contribution in [0.15, 0.2) is 59.0 Å². The molecular formula is C17H12F3N3O3. The van der Waals surface area contributed by atoms with Crippen LogP contribution < -0.4 is 10.1 Å². The van der Waals surface area contributed by atoms with E-state index in [2.05, 4.69) is 15.5 Å². The third kappa shape index (κ3) is 4.38. The fourth-order valence-corrected chi connectivity index (χ4v) is 2.01. The van der Waals surface area contributed by atoms with Crippen molar-refractivity contribution >= 4 is 11.9 Å². The number of rotatable bonds is 5. The lowest BCUT2D eigenvalue weighted by Crippen LogP contribution is -2.20. The van der Waals surface area contributed by atoms with Crippen molar-refractivity contribution < 1.29 is 27.1 Å².